The van der Waals surface area contributed by atoms with Crippen molar-refractivity contribution in [2.24, 2.45) is 0 Å². The van der Waals surface area contributed by atoms with Crippen molar-refractivity contribution < 1.29 is 9.53 Å². The first-order valence-electron chi connectivity index (χ1n) is 8.27. The van der Waals surface area contributed by atoms with Crippen LogP contribution in [0.3, 0.4) is 0 Å². The molecule has 0 radical (unpaired) electrons. The predicted molar refractivity (Wildman–Crippen MR) is 98.7 cm³/mol. The molecule has 0 N–H and O–H groups in total. The number of ether oxygens (including phenoxy) is 1. The number of carbonyl (C=O) groups is 1. The van der Waals surface area contributed by atoms with Gasteiger partial charge in [-0.15, -0.1) is 0 Å². The molecule has 0 fully saturated rings. The molecule has 4 nitrogen and oxygen atoms in total. The van der Waals surface area contributed by atoms with Crippen LogP contribution in [0.25, 0.3) is 6.08 Å². The van der Waals surface area contributed by atoms with Gasteiger partial charge in [0.2, 0.25) is 0 Å². The molecular weight excluding hydrogens is 312 g/mol. The summed E-state index contributed by atoms with van der Waals surface area (Å²) in [4.78, 5) is 12.4. The summed E-state index contributed by atoms with van der Waals surface area (Å²) >= 11 is 0. The van der Waals surface area contributed by atoms with E-state index >= 15 is 0 Å². The lowest BCUT2D eigenvalue weighted by Gasteiger charge is -2.06. The Morgan fingerprint density at radius 3 is 2.68 bits per heavy atom. The number of ketones is 1. The van der Waals surface area contributed by atoms with E-state index in [0.717, 1.165) is 5.56 Å². The molecule has 2 aromatic carbocycles. The van der Waals surface area contributed by atoms with Gasteiger partial charge in [0, 0.05) is 11.8 Å². The maximum atomic E-state index is 12.4. The second-order valence-corrected chi connectivity index (χ2v) is 5.58. The number of nitrogens with zero attached hydrogens (tertiary/aromatic N) is 2. The second kappa shape index (κ2) is 8.11. The molecule has 0 atom stereocenters. The number of benzene rings is 2. The molecule has 0 spiro atoms. The van der Waals surface area contributed by atoms with Gasteiger partial charge in [0.1, 0.15) is 5.75 Å². The third-order valence-corrected chi connectivity index (χ3v) is 3.72. The zero-order valence-electron chi connectivity index (χ0n) is 14.1. The quantitative estimate of drug-likeness (QED) is 0.480. The molecule has 3 aromatic rings. The molecule has 126 valence electrons. The second-order valence-electron chi connectivity index (χ2n) is 5.58. The number of carbonyl (C=O) groups excluding carboxylic acids is 1. The minimum Gasteiger partial charge on any atom is -0.493 e. The van der Waals surface area contributed by atoms with Crippen LogP contribution in [0.1, 0.15) is 28.4 Å². The van der Waals surface area contributed by atoms with E-state index in [9.17, 15) is 4.79 Å². The van der Waals surface area contributed by atoms with Crippen LogP contribution in [0.5, 0.6) is 5.75 Å². The Bertz CT molecular complexity index is 866. The molecule has 1 heterocycles. The van der Waals surface area contributed by atoms with E-state index in [-0.39, 0.29) is 5.78 Å². The van der Waals surface area contributed by atoms with Crippen molar-refractivity contribution in [2.45, 2.75) is 13.5 Å². The lowest BCUT2D eigenvalue weighted by Crippen LogP contribution is -2.01. The summed E-state index contributed by atoms with van der Waals surface area (Å²) in [5.41, 5.74) is 2.64. The van der Waals surface area contributed by atoms with Gasteiger partial charge in [-0.25, -0.2) is 0 Å². The SMILES string of the molecule is CCOc1ccccc1C(=O)/C=C/c1cnn(Cc2ccccc2)c1. The van der Waals surface area contributed by atoms with Gasteiger partial charge >= 0.3 is 0 Å². The van der Waals surface area contributed by atoms with Crippen LogP contribution >= 0.6 is 0 Å². The van der Waals surface area contributed by atoms with Gasteiger partial charge < -0.3 is 4.74 Å². The number of hydrogen-bond acceptors (Lipinski definition) is 3. The van der Waals surface area contributed by atoms with Crippen molar-refractivity contribution in [2.75, 3.05) is 6.61 Å². The third-order valence-electron chi connectivity index (χ3n) is 3.72. The minimum atomic E-state index is -0.0835. The largest absolute Gasteiger partial charge is 0.493 e. The molecular formula is C21H20N2O2. The van der Waals surface area contributed by atoms with E-state index in [1.54, 1.807) is 24.4 Å². The van der Waals surface area contributed by atoms with Gasteiger partial charge in [-0.2, -0.15) is 5.10 Å². The van der Waals surface area contributed by atoms with E-state index < -0.39 is 0 Å². The number of allylic oxidation sites excluding steroid dienone is 1. The van der Waals surface area contributed by atoms with E-state index in [4.69, 9.17) is 4.74 Å². The Hall–Kier alpha value is -3.14. The molecule has 0 unspecified atom stereocenters. The highest BCUT2D eigenvalue weighted by Gasteiger charge is 2.08. The van der Waals surface area contributed by atoms with Crippen molar-refractivity contribution in [1.29, 1.82) is 0 Å². The summed E-state index contributed by atoms with van der Waals surface area (Å²) in [6.07, 6.45) is 7.01. The zero-order valence-corrected chi connectivity index (χ0v) is 14.1. The average Bonchev–Trinajstić information content (AvgIpc) is 3.09. The smallest absolute Gasteiger partial charge is 0.189 e. The van der Waals surface area contributed by atoms with E-state index in [2.05, 4.69) is 17.2 Å². The average molecular weight is 332 g/mol. The molecule has 4 heteroatoms. The normalized spacial score (nSPS) is 10.9. The van der Waals surface area contributed by atoms with Gasteiger partial charge in [0.15, 0.2) is 5.78 Å². The maximum absolute atomic E-state index is 12.4. The molecule has 0 aliphatic carbocycles. The maximum Gasteiger partial charge on any atom is 0.189 e. The molecule has 0 saturated carbocycles. The van der Waals surface area contributed by atoms with E-state index in [1.807, 2.05) is 54.2 Å². The van der Waals surface area contributed by atoms with Crippen LogP contribution in [-0.2, 0) is 6.54 Å². The molecule has 3 rings (SSSR count). The van der Waals surface area contributed by atoms with Gasteiger partial charge in [-0.05, 0) is 36.8 Å². The highest BCUT2D eigenvalue weighted by molar-refractivity contribution is 6.08. The standard InChI is InChI=1S/C21H20N2O2/c1-2-25-21-11-7-6-10-19(21)20(24)13-12-18-14-22-23(16-18)15-17-8-4-3-5-9-17/h3-14,16H,2,15H2,1H3/b13-12+. The number of rotatable bonds is 7. The van der Waals surface area contributed by atoms with Crippen LogP contribution in [0.4, 0.5) is 0 Å². The Labute approximate surface area is 147 Å². The number of para-hydroxylation sites is 1. The Morgan fingerprint density at radius 2 is 1.88 bits per heavy atom. The molecule has 0 amide bonds. The predicted octanol–water partition coefficient (Wildman–Crippen LogP) is 4.23. The van der Waals surface area contributed by atoms with Crippen molar-refractivity contribution in [3.63, 3.8) is 0 Å². The summed E-state index contributed by atoms with van der Waals surface area (Å²) in [5.74, 6) is 0.527. The Balaban J connectivity index is 1.69. The summed E-state index contributed by atoms with van der Waals surface area (Å²) in [6.45, 7) is 3.13. The lowest BCUT2D eigenvalue weighted by atomic mass is 10.1. The first kappa shape index (κ1) is 16.7. The summed E-state index contributed by atoms with van der Waals surface area (Å²) < 4.78 is 7.36. The van der Waals surface area contributed by atoms with Crippen LogP contribution < -0.4 is 4.74 Å². The van der Waals surface area contributed by atoms with Crippen LogP contribution in [0.15, 0.2) is 73.1 Å². The van der Waals surface area contributed by atoms with Gasteiger partial charge in [0.25, 0.3) is 0 Å². The molecule has 25 heavy (non-hydrogen) atoms. The van der Waals surface area contributed by atoms with Crippen LogP contribution in [0, 0.1) is 0 Å². The minimum absolute atomic E-state index is 0.0835. The Morgan fingerprint density at radius 1 is 1.12 bits per heavy atom. The lowest BCUT2D eigenvalue weighted by molar-refractivity contribution is 0.104. The van der Waals surface area contributed by atoms with Crippen LogP contribution in [-0.4, -0.2) is 22.2 Å². The highest BCUT2D eigenvalue weighted by Crippen LogP contribution is 2.19. The Kier molecular flexibility index (Phi) is 5.42. The molecule has 0 aliphatic rings. The van der Waals surface area contributed by atoms with Gasteiger partial charge in [-0.3, -0.25) is 9.48 Å². The van der Waals surface area contributed by atoms with E-state index in [0.29, 0.717) is 24.5 Å². The number of aromatic nitrogens is 2. The third kappa shape index (κ3) is 4.44. The van der Waals surface area contributed by atoms with Crippen LogP contribution in [0.2, 0.25) is 0 Å². The van der Waals surface area contributed by atoms with Gasteiger partial charge in [0.05, 0.1) is 24.9 Å². The first-order chi connectivity index (χ1) is 12.3. The fraction of sp³-hybridized carbons (Fsp3) is 0.143. The van der Waals surface area contributed by atoms with Crippen molar-refractivity contribution in [1.82, 2.24) is 9.78 Å². The fourth-order valence-corrected chi connectivity index (χ4v) is 2.54. The van der Waals surface area contributed by atoms with Crippen molar-refractivity contribution in [3.8, 4) is 5.75 Å². The highest BCUT2D eigenvalue weighted by atomic mass is 16.5. The first-order valence-corrected chi connectivity index (χ1v) is 8.27. The topological polar surface area (TPSA) is 44.1 Å². The molecule has 0 aliphatic heterocycles. The summed E-state index contributed by atoms with van der Waals surface area (Å²) in [6, 6.07) is 17.4. The monoisotopic (exact) mass is 332 g/mol. The van der Waals surface area contributed by atoms with Gasteiger partial charge in [-0.1, -0.05) is 42.5 Å². The van der Waals surface area contributed by atoms with Crippen molar-refractivity contribution in [3.05, 3.63) is 89.8 Å². The summed E-state index contributed by atoms with van der Waals surface area (Å²) in [7, 11) is 0. The molecule has 0 saturated heterocycles. The zero-order chi connectivity index (χ0) is 17.5. The fourth-order valence-electron chi connectivity index (χ4n) is 2.54. The number of hydrogen-bond donors (Lipinski definition) is 0. The summed E-state index contributed by atoms with van der Waals surface area (Å²) in [5, 5.41) is 4.34. The molecule has 0 bridgehead atoms. The van der Waals surface area contributed by atoms with E-state index in [1.165, 1.54) is 5.56 Å². The van der Waals surface area contributed by atoms with Crippen molar-refractivity contribution >= 4 is 11.9 Å². The molecule has 1 aromatic heterocycles.